The van der Waals surface area contributed by atoms with Gasteiger partial charge in [-0.1, -0.05) is 24.6 Å². The molecule has 0 radical (unpaired) electrons. The highest BCUT2D eigenvalue weighted by Crippen LogP contribution is 2.19. The number of nitrogens with two attached hydrogens (primary N) is 6. The van der Waals surface area contributed by atoms with E-state index in [9.17, 15) is 24.0 Å². The lowest BCUT2D eigenvalue weighted by Gasteiger charge is -2.13. The molecule has 2 aromatic rings. The number of benzene rings is 1. The number of carboxylic acid groups (broad SMARTS) is 3. The zero-order valence-electron chi connectivity index (χ0n) is 27.1. The minimum atomic E-state index is -1.18. The van der Waals surface area contributed by atoms with Gasteiger partial charge in [0.15, 0.2) is 0 Å². The number of H-pyrrole nitrogens is 1. The summed E-state index contributed by atoms with van der Waals surface area (Å²) in [6.45, 7) is 1.87. The quantitative estimate of drug-likeness (QED) is 0.0420. The molecular formula is C29H51N7O10S2. The Hall–Kier alpha value is -3.27. The van der Waals surface area contributed by atoms with Crippen molar-refractivity contribution in [2.75, 3.05) is 24.3 Å². The van der Waals surface area contributed by atoms with Crippen LogP contribution in [0.25, 0.3) is 10.9 Å². The molecule has 2 rings (SSSR count). The first-order chi connectivity index (χ1) is 22.4. The summed E-state index contributed by atoms with van der Waals surface area (Å²) in [5, 5.41) is 33.8. The lowest BCUT2D eigenvalue weighted by molar-refractivity contribution is -0.161. The van der Waals surface area contributed by atoms with E-state index in [-0.39, 0.29) is 12.2 Å². The number of para-hydroxylation sites is 1. The molecule has 19 heteroatoms. The Morgan fingerprint density at radius 3 is 1.85 bits per heavy atom. The van der Waals surface area contributed by atoms with Crippen molar-refractivity contribution in [3.8, 4) is 0 Å². The van der Waals surface area contributed by atoms with Crippen molar-refractivity contribution in [1.82, 2.24) is 4.98 Å². The highest BCUT2D eigenvalue weighted by molar-refractivity contribution is 7.98. The molecule has 1 aromatic heterocycles. The second kappa shape index (κ2) is 26.7. The highest BCUT2D eigenvalue weighted by atomic mass is 32.2. The van der Waals surface area contributed by atoms with E-state index in [2.05, 4.69) is 17.6 Å². The fraction of sp³-hybridized carbons (Fsp3) is 0.552. The Kier molecular flexibility index (Phi) is 26.0. The van der Waals surface area contributed by atoms with E-state index >= 15 is 0 Å². The van der Waals surface area contributed by atoms with Gasteiger partial charge in [-0.15, -0.1) is 0 Å². The zero-order chi connectivity index (χ0) is 37.4. The number of nitrogens with one attached hydrogen (secondary N) is 1. The zero-order valence-corrected chi connectivity index (χ0v) is 28.8. The van der Waals surface area contributed by atoms with Crippen LogP contribution in [0.2, 0.25) is 0 Å². The molecule has 0 saturated carbocycles. The molecule has 0 saturated heterocycles. The maximum absolute atomic E-state index is 12.0. The Labute approximate surface area is 288 Å². The summed E-state index contributed by atoms with van der Waals surface area (Å²) >= 11 is 5.25. The monoisotopic (exact) mass is 721 g/mol. The molecule has 17 N–H and O–H groups in total. The summed E-state index contributed by atoms with van der Waals surface area (Å²) in [6, 6.07) is 3.29. The van der Waals surface area contributed by atoms with E-state index in [1.165, 1.54) is 6.92 Å². The number of rotatable bonds is 16. The minimum absolute atomic E-state index is 0.190. The van der Waals surface area contributed by atoms with Gasteiger partial charge in [0.05, 0.1) is 6.10 Å². The Morgan fingerprint density at radius 2 is 1.42 bits per heavy atom. The maximum Gasteiger partial charge on any atom is 0.330 e. The van der Waals surface area contributed by atoms with Crippen LogP contribution in [-0.4, -0.2) is 116 Å². The Morgan fingerprint density at radius 1 is 0.854 bits per heavy atom. The second-order valence-corrected chi connectivity index (χ2v) is 11.6. The predicted octanol–water partition coefficient (Wildman–Crippen LogP) is -1.18. The van der Waals surface area contributed by atoms with E-state index in [1.54, 1.807) is 18.0 Å². The largest absolute Gasteiger partial charge is 0.480 e. The van der Waals surface area contributed by atoms with Gasteiger partial charge in [0.2, 0.25) is 0 Å². The van der Waals surface area contributed by atoms with Gasteiger partial charge in [0.1, 0.15) is 30.2 Å². The molecule has 0 aliphatic rings. The number of carbonyl (C=O) groups excluding carboxylic acids is 2. The molecule has 48 heavy (non-hydrogen) atoms. The number of carboxylic acids is 3. The SMILES string of the molecule is CSCC[C@H](N)C(=O)O.C[C@@H](O)[C@H](N)C(=O)O.NCCCC[C@H](N)C(=O)OC(=O)[C@@H](N)Cc1c[nH]c2ccccc12.N[C@@H](CS)C(=O)O. The lowest BCUT2D eigenvalue weighted by Crippen LogP contribution is -2.40. The maximum atomic E-state index is 12.0. The molecule has 0 aliphatic heterocycles. The molecular weight excluding hydrogens is 670 g/mol. The summed E-state index contributed by atoms with van der Waals surface area (Å²) < 4.78 is 4.80. The van der Waals surface area contributed by atoms with Crippen LogP contribution in [0.1, 0.15) is 38.2 Å². The number of thiol groups is 1. The van der Waals surface area contributed by atoms with Gasteiger partial charge in [0, 0.05) is 29.3 Å². The number of carbonyl (C=O) groups is 5. The van der Waals surface area contributed by atoms with Crippen molar-refractivity contribution in [1.29, 1.82) is 0 Å². The summed E-state index contributed by atoms with van der Waals surface area (Å²) in [4.78, 5) is 56.6. The van der Waals surface area contributed by atoms with Crippen LogP contribution >= 0.6 is 24.4 Å². The van der Waals surface area contributed by atoms with Crippen LogP contribution < -0.4 is 34.4 Å². The first kappa shape index (κ1) is 46.8. The van der Waals surface area contributed by atoms with Gasteiger partial charge in [-0.05, 0) is 56.4 Å². The Bertz CT molecular complexity index is 1250. The number of thioether (sulfide) groups is 1. The molecule has 0 fully saturated rings. The predicted molar refractivity (Wildman–Crippen MR) is 187 cm³/mol. The summed E-state index contributed by atoms with van der Waals surface area (Å²) in [6.07, 6.45) is 5.49. The third-order valence-corrected chi connectivity index (χ3v) is 7.20. The minimum Gasteiger partial charge on any atom is -0.480 e. The van der Waals surface area contributed by atoms with Gasteiger partial charge in [-0.25, -0.2) is 9.59 Å². The van der Waals surface area contributed by atoms with Crippen LogP contribution in [0.4, 0.5) is 0 Å². The highest BCUT2D eigenvalue weighted by Gasteiger charge is 2.24. The standard InChI is InChI=1S/C17H24N4O3.C5H11NO2S.C4H9NO3.C3H7NO2S/c18-8-4-3-6-13(19)16(22)24-17(23)14(20)9-11-10-21-15-7-2-1-5-12(11)15;1-9-3-2-4(6)5(7)8;1-2(6)3(5)4(7)8;4-2(1-7)3(5)6/h1-2,5,7,10,13-14,21H,3-4,6,8-9,18-20H2;4H,2-3,6H2,1H3,(H,7,8);2-3,6H,5H2,1H3,(H,7,8);2,7H,1,4H2,(H,5,6)/t13-,14-;4-;2-,3+;2-/m0010/s1. The van der Waals surface area contributed by atoms with E-state index in [4.69, 9.17) is 59.6 Å². The summed E-state index contributed by atoms with van der Waals surface area (Å²) in [5.74, 6) is -3.60. The number of fused-ring (bicyclic) bond motifs is 1. The molecule has 0 amide bonds. The first-order valence-corrected chi connectivity index (χ1v) is 16.7. The molecule has 0 unspecified atom stereocenters. The number of aliphatic carboxylic acids is 3. The molecule has 274 valence electrons. The van der Waals surface area contributed by atoms with Gasteiger partial charge in [0.25, 0.3) is 0 Å². The van der Waals surface area contributed by atoms with Crippen LogP contribution in [0.15, 0.2) is 30.5 Å². The number of unbranched alkanes of at least 4 members (excludes halogenated alkanes) is 1. The number of hydrogen-bond donors (Lipinski definition) is 12. The van der Waals surface area contributed by atoms with Crippen LogP contribution in [0, 0.1) is 0 Å². The van der Waals surface area contributed by atoms with Crippen molar-refractivity contribution >= 4 is 65.1 Å². The molecule has 1 heterocycles. The number of hydrogen-bond acceptors (Lipinski definition) is 15. The van der Waals surface area contributed by atoms with Crippen molar-refractivity contribution < 1.29 is 49.1 Å². The number of aliphatic hydroxyl groups excluding tert-OH is 1. The van der Waals surface area contributed by atoms with Gasteiger partial charge in [-0.3, -0.25) is 14.4 Å². The fourth-order valence-corrected chi connectivity index (χ4v) is 3.80. The molecule has 0 aliphatic carbocycles. The van der Waals surface area contributed by atoms with Crippen molar-refractivity contribution in [3.63, 3.8) is 0 Å². The van der Waals surface area contributed by atoms with Gasteiger partial charge < -0.3 is 64.5 Å². The van der Waals surface area contributed by atoms with Crippen LogP contribution in [0.5, 0.6) is 0 Å². The smallest absolute Gasteiger partial charge is 0.330 e. The summed E-state index contributed by atoms with van der Waals surface area (Å²) in [5.41, 5.74) is 33.9. The van der Waals surface area contributed by atoms with E-state index in [0.717, 1.165) is 28.6 Å². The number of ether oxygens (including phenoxy) is 1. The number of aliphatic hydroxyl groups is 1. The topological polar surface area (TPSA) is 347 Å². The third-order valence-electron chi connectivity index (χ3n) is 6.16. The van der Waals surface area contributed by atoms with Crippen LogP contribution in [0.3, 0.4) is 0 Å². The van der Waals surface area contributed by atoms with Crippen molar-refractivity contribution in [3.05, 3.63) is 36.0 Å². The number of esters is 2. The Balaban J connectivity index is 0. The normalized spacial score (nSPS) is 14.1. The van der Waals surface area contributed by atoms with E-state index in [1.807, 2.05) is 30.5 Å². The van der Waals surface area contributed by atoms with Crippen molar-refractivity contribution in [2.45, 2.75) is 75.3 Å². The molecule has 17 nitrogen and oxygen atoms in total. The summed E-state index contributed by atoms with van der Waals surface area (Å²) in [7, 11) is 0. The first-order valence-electron chi connectivity index (χ1n) is 14.7. The molecule has 1 aromatic carbocycles. The number of aromatic nitrogens is 1. The third kappa shape index (κ3) is 20.9. The average molecular weight is 722 g/mol. The molecule has 0 spiro atoms. The molecule has 0 bridgehead atoms. The average Bonchev–Trinajstić information content (AvgIpc) is 3.45. The molecule has 6 atom stereocenters. The van der Waals surface area contributed by atoms with Crippen molar-refractivity contribution in [2.24, 2.45) is 34.4 Å². The number of aromatic amines is 1. The van der Waals surface area contributed by atoms with Gasteiger partial charge in [-0.2, -0.15) is 24.4 Å². The van der Waals surface area contributed by atoms with E-state index in [0.29, 0.717) is 25.8 Å². The van der Waals surface area contributed by atoms with E-state index < -0.39 is 66.2 Å². The second-order valence-electron chi connectivity index (χ2n) is 10.3. The van der Waals surface area contributed by atoms with Gasteiger partial charge >= 0.3 is 29.8 Å². The van der Waals surface area contributed by atoms with Crippen LogP contribution in [-0.2, 0) is 35.1 Å². The lowest BCUT2D eigenvalue weighted by atomic mass is 10.1. The fourth-order valence-electron chi connectivity index (χ4n) is 3.15.